The van der Waals surface area contributed by atoms with Crippen molar-refractivity contribution in [2.75, 3.05) is 59.5 Å². The highest BCUT2D eigenvalue weighted by molar-refractivity contribution is 6.30. The van der Waals surface area contributed by atoms with Gasteiger partial charge in [0.05, 0.1) is 7.11 Å². The summed E-state index contributed by atoms with van der Waals surface area (Å²) in [7, 11) is 1.66. The minimum atomic E-state index is -0.0196. The minimum absolute atomic E-state index is 0.0141. The molecule has 1 saturated heterocycles. The fraction of sp³-hybridized carbons (Fsp3) is 0.467. The molecular weight excluding hydrogens is 502 g/mol. The molecule has 1 aliphatic heterocycles. The van der Waals surface area contributed by atoms with Gasteiger partial charge in [-0.15, -0.1) is 0 Å². The lowest BCUT2D eigenvalue weighted by Crippen LogP contribution is -2.51. The molecule has 1 aliphatic rings. The van der Waals surface area contributed by atoms with Crippen LogP contribution in [0.15, 0.2) is 54.6 Å². The Morgan fingerprint density at radius 1 is 1.03 bits per heavy atom. The lowest BCUT2D eigenvalue weighted by molar-refractivity contribution is -0.135. The van der Waals surface area contributed by atoms with Crippen LogP contribution in [0.25, 0.3) is 6.08 Å². The number of unbranched alkanes of at least 4 members (excludes halogenated alkanes) is 2. The second-order valence-electron chi connectivity index (χ2n) is 9.41. The first kappa shape index (κ1) is 29.5. The minimum Gasteiger partial charge on any atom is -0.496 e. The van der Waals surface area contributed by atoms with Crippen LogP contribution in [0.1, 0.15) is 38.2 Å². The summed E-state index contributed by atoms with van der Waals surface area (Å²) >= 11 is 5.90. The van der Waals surface area contributed by atoms with E-state index in [0.29, 0.717) is 43.4 Å². The number of amides is 2. The highest BCUT2D eigenvalue weighted by atomic mass is 35.5. The molecule has 1 heterocycles. The van der Waals surface area contributed by atoms with Gasteiger partial charge in [-0.1, -0.05) is 61.7 Å². The van der Waals surface area contributed by atoms with Crippen LogP contribution in [-0.2, 0) is 9.59 Å². The zero-order valence-corrected chi connectivity index (χ0v) is 23.4. The van der Waals surface area contributed by atoms with E-state index in [2.05, 4.69) is 11.8 Å². The molecule has 0 unspecified atom stereocenters. The summed E-state index contributed by atoms with van der Waals surface area (Å²) < 4.78 is 11.0. The number of ether oxygens (including phenoxy) is 2. The number of carbonyl (C=O) groups excluding carboxylic acids is 2. The van der Waals surface area contributed by atoms with Crippen LogP contribution in [0.2, 0.25) is 5.02 Å². The fourth-order valence-electron chi connectivity index (χ4n) is 4.36. The highest BCUT2D eigenvalue weighted by Crippen LogP contribution is 2.19. The topological polar surface area (TPSA) is 62.3 Å². The highest BCUT2D eigenvalue weighted by Gasteiger charge is 2.22. The normalized spacial score (nSPS) is 14.0. The number of benzene rings is 2. The number of halogens is 1. The first-order chi connectivity index (χ1) is 18.5. The Bertz CT molecular complexity index is 1040. The Morgan fingerprint density at radius 3 is 2.47 bits per heavy atom. The number of rotatable bonds is 14. The van der Waals surface area contributed by atoms with Crippen molar-refractivity contribution in [3.63, 3.8) is 0 Å². The monoisotopic (exact) mass is 541 g/mol. The van der Waals surface area contributed by atoms with Gasteiger partial charge in [-0.05, 0) is 36.8 Å². The molecule has 1 fully saturated rings. The fourth-order valence-corrected chi connectivity index (χ4v) is 4.49. The Morgan fingerprint density at radius 2 is 1.76 bits per heavy atom. The van der Waals surface area contributed by atoms with E-state index in [9.17, 15) is 9.59 Å². The summed E-state index contributed by atoms with van der Waals surface area (Å²) in [4.78, 5) is 31.7. The smallest absolute Gasteiger partial charge is 0.260 e. The molecule has 2 aromatic rings. The van der Waals surface area contributed by atoms with E-state index in [-0.39, 0.29) is 18.4 Å². The summed E-state index contributed by atoms with van der Waals surface area (Å²) in [6.45, 7) is 7.03. The van der Waals surface area contributed by atoms with E-state index in [1.54, 1.807) is 31.4 Å². The van der Waals surface area contributed by atoms with E-state index < -0.39 is 0 Å². The van der Waals surface area contributed by atoms with Crippen LogP contribution in [0.4, 0.5) is 0 Å². The number of nitrogens with zero attached hydrogens (tertiary/aromatic N) is 3. The van der Waals surface area contributed by atoms with Crippen molar-refractivity contribution in [3.05, 3.63) is 65.2 Å². The first-order valence-electron chi connectivity index (χ1n) is 13.5. The molecule has 0 spiro atoms. The molecule has 38 heavy (non-hydrogen) atoms. The van der Waals surface area contributed by atoms with E-state index in [1.165, 1.54) is 0 Å². The van der Waals surface area contributed by atoms with Crippen molar-refractivity contribution in [1.82, 2.24) is 14.7 Å². The maximum absolute atomic E-state index is 13.0. The van der Waals surface area contributed by atoms with Crippen LogP contribution >= 0.6 is 11.6 Å². The summed E-state index contributed by atoms with van der Waals surface area (Å²) in [6, 6.07) is 14.9. The Kier molecular flexibility index (Phi) is 12.5. The predicted molar refractivity (Wildman–Crippen MR) is 153 cm³/mol. The Hall–Kier alpha value is -3.03. The largest absolute Gasteiger partial charge is 0.496 e. The van der Waals surface area contributed by atoms with Crippen molar-refractivity contribution >= 4 is 29.5 Å². The molecule has 206 valence electrons. The SMILES string of the molecule is CCCCCC(=O)N(C/C=C/c1ccccc1OC)CCN1CCN(C(=O)COc2ccc(Cl)cc2)CC1. The van der Waals surface area contributed by atoms with Gasteiger partial charge in [0.15, 0.2) is 6.61 Å². The molecule has 3 rings (SSSR count). The molecule has 0 atom stereocenters. The molecule has 2 aromatic carbocycles. The maximum Gasteiger partial charge on any atom is 0.260 e. The summed E-state index contributed by atoms with van der Waals surface area (Å²) in [6.07, 6.45) is 7.70. The van der Waals surface area contributed by atoms with E-state index in [0.717, 1.165) is 50.2 Å². The van der Waals surface area contributed by atoms with Crippen LogP contribution in [0.5, 0.6) is 11.5 Å². The Labute approximate surface area is 231 Å². The Balaban J connectivity index is 1.47. The zero-order valence-electron chi connectivity index (χ0n) is 22.6. The van der Waals surface area contributed by atoms with E-state index in [1.807, 2.05) is 46.2 Å². The number of piperazine rings is 1. The third kappa shape index (κ3) is 9.69. The van der Waals surface area contributed by atoms with Crippen LogP contribution in [0, 0.1) is 0 Å². The van der Waals surface area contributed by atoms with Crippen molar-refractivity contribution in [2.24, 2.45) is 0 Å². The van der Waals surface area contributed by atoms with Gasteiger partial charge in [0.2, 0.25) is 5.91 Å². The summed E-state index contributed by atoms with van der Waals surface area (Å²) in [5.41, 5.74) is 0.995. The van der Waals surface area contributed by atoms with Gasteiger partial charge in [0.1, 0.15) is 11.5 Å². The maximum atomic E-state index is 13.0. The van der Waals surface area contributed by atoms with Crippen molar-refractivity contribution in [3.8, 4) is 11.5 Å². The molecule has 0 saturated carbocycles. The van der Waals surface area contributed by atoms with E-state index >= 15 is 0 Å². The molecular formula is C30H40ClN3O4. The van der Waals surface area contributed by atoms with E-state index in [4.69, 9.17) is 21.1 Å². The van der Waals surface area contributed by atoms with Gasteiger partial charge in [-0.25, -0.2) is 0 Å². The van der Waals surface area contributed by atoms with Crippen molar-refractivity contribution < 1.29 is 19.1 Å². The van der Waals surface area contributed by atoms with Crippen LogP contribution < -0.4 is 9.47 Å². The van der Waals surface area contributed by atoms with Gasteiger partial charge in [-0.2, -0.15) is 0 Å². The molecule has 7 nitrogen and oxygen atoms in total. The molecule has 0 N–H and O–H groups in total. The van der Waals surface area contributed by atoms with Crippen LogP contribution in [-0.4, -0.2) is 86.0 Å². The summed E-state index contributed by atoms with van der Waals surface area (Å²) in [5, 5.41) is 0.633. The van der Waals surface area contributed by atoms with Gasteiger partial charge < -0.3 is 19.3 Å². The quantitative estimate of drug-likeness (QED) is 0.315. The van der Waals surface area contributed by atoms with Crippen LogP contribution in [0.3, 0.4) is 0 Å². The molecule has 8 heteroatoms. The first-order valence-corrected chi connectivity index (χ1v) is 13.8. The number of carbonyl (C=O) groups is 2. The molecule has 0 radical (unpaired) electrons. The number of hydrogen-bond acceptors (Lipinski definition) is 5. The lowest BCUT2D eigenvalue weighted by atomic mass is 10.1. The number of hydrogen-bond donors (Lipinski definition) is 0. The second kappa shape index (κ2) is 16.0. The third-order valence-electron chi connectivity index (χ3n) is 6.70. The number of methoxy groups -OCH3 is 1. The predicted octanol–water partition coefficient (Wildman–Crippen LogP) is 4.99. The van der Waals surface area contributed by atoms with Crippen molar-refractivity contribution in [1.29, 1.82) is 0 Å². The van der Waals surface area contributed by atoms with Gasteiger partial charge >= 0.3 is 0 Å². The standard InChI is InChI=1S/C30H40ClN3O4/c1-3-4-5-12-29(35)33(17-8-10-25-9-6-7-11-28(25)37-2)21-18-32-19-22-34(23-20-32)30(36)24-38-27-15-13-26(31)14-16-27/h6-11,13-16H,3-5,12,17-24H2,1-2H3/b10-8+. The molecule has 2 amide bonds. The lowest BCUT2D eigenvalue weighted by Gasteiger charge is -2.35. The molecule has 0 aromatic heterocycles. The third-order valence-corrected chi connectivity index (χ3v) is 6.95. The summed E-state index contributed by atoms with van der Waals surface area (Å²) in [5.74, 6) is 1.62. The molecule has 0 bridgehead atoms. The van der Waals surface area contributed by atoms with Crippen molar-refractivity contribution in [2.45, 2.75) is 32.6 Å². The number of para-hydroxylation sites is 1. The molecule has 0 aliphatic carbocycles. The van der Waals surface area contributed by atoms with Gasteiger partial charge in [-0.3, -0.25) is 14.5 Å². The van der Waals surface area contributed by atoms with Gasteiger partial charge in [0.25, 0.3) is 5.91 Å². The zero-order chi connectivity index (χ0) is 27.2. The second-order valence-corrected chi connectivity index (χ2v) is 9.84. The average molecular weight is 542 g/mol. The average Bonchev–Trinajstić information content (AvgIpc) is 2.95. The van der Waals surface area contributed by atoms with Gasteiger partial charge in [0, 0.05) is 62.8 Å².